The number of rotatable bonds is 2. The number of fused-ring (bicyclic) bond motifs is 1. The molecule has 0 unspecified atom stereocenters. The predicted molar refractivity (Wildman–Crippen MR) is 58.1 cm³/mol. The number of carboxylic acid groups (broad SMARTS) is 1. The van der Waals surface area contributed by atoms with Crippen LogP contribution in [0.4, 0.5) is 0 Å². The van der Waals surface area contributed by atoms with Gasteiger partial charge in [0.2, 0.25) is 0 Å². The van der Waals surface area contributed by atoms with E-state index < -0.39 is 5.97 Å². The molecule has 0 bridgehead atoms. The number of pyridine rings is 1. The number of H-pyrrole nitrogens is 1. The molecule has 0 atom stereocenters. The molecule has 82 valence electrons. The molecule has 0 fully saturated rings. The number of hydrogen-bond acceptors (Lipinski definition) is 3. The summed E-state index contributed by atoms with van der Waals surface area (Å²) in [6, 6.07) is 6.01. The van der Waals surface area contributed by atoms with Crippen LogP contribution < -0.4 is 10.2 Å². The van der Waals surface area contributed by atoms with Gasteiger partial charge in [0.15, 0.2) is 5.43 Å². The van der Waals surface area contributed by atoms with Gasteiger partial charge in [-0.15, -0.1) is 0 Å². The van der Waals surface area contributed by atoms with Crippen LogP contribution in [0.25, 0.3) is 10.9 Å². The second-order valence-electron chi connectivity index (χ2n) is 3.24. The number of ether oxygens (including phenoxy) is 1. The van der Waals surface area contributed by atoms with E-state index in [-0.39, 0.29) is 11.1 Å². The van der Waals surface area contributed by atoms with Crippen molar-refractivity contribution in [2.75, 3.05) is 7.11 Å². The fourth-order valence-electron chi connectivity index (χ4n) is 1.53. The van der Waals surface area contributed by atoms with Crippen LogP contribution in [0.15, 0.2) is 29.1 Å². The molecule has 0 saturated heterocycles. The third-order valence-corrected chi connectivity index (χ3v) is 2.28. The summed E-state index contributed by atoms with van der Waals surface area (Å²) in [5, 5.41) is 9.23. The molecule has 2 rings (SSSR count). The van der Waals surface area contributed by atoms with Crippen molar-refractivity contribution in [3.05, 3.63) is 40.2 Å². The quantitative estimate of drug-likeness (QED) is 0.796. The van der Waals surface area contributed by atoms with Crippen LogP contribution in [0.5, 0.6) is 5.75 Å². The summed E-state index contributed by atoms with van der Waals surface area (Å²) in [4.78, 5) is 25.1. The Bertz CT molecular complexity index is 615. The molecule has 0 aliphatic carbocycles. The Labute approximate surface area is 90.3 Å². The molecule has 0 aliphatic rings. The first-order chi connectivity index (χ1) is 7.63. The number of carboxylic acids is 1. The van der Waals surface area contributed by atoms with Crippen LogP contribution in [-0.2, 0) is 0 Å². The van der Waals surface area contributed by atoms with Gasteiger partial charge in [-0.3, -0.25) is 4.79 Å². The number of nitrogens with one attached hydrogen (secondary N) is 1. The summed E-state index contributed by atoms with van der Waals surface area (Å²) in [6.07, 6.45) is 0. The number of carbonyl (C=O) groups is 1. The van der Waals surface area contributed by atoms with Gasteiger partial charge in [0.05, 0.1) is 12.6 Å². The normalized spacial score (nSPS) is 10.3. The van der Waals surface area contributed by atoms with Crippen LogP contribution in [-0.4, -0.2) is 23.2 Å². The fraction of sp³-hybridized carbons (Fsp3) is 0.0909. The molecule has 2 N–H and O–H groups in total. The molecular formula is C11H9NO4. The van der Waals surface area contributed by atoms with Gasteiger partial charge in [0, 0.05) is 11.5 Å². The first-order valence-electron chi connectivity index (χ1n) is 4.57. The van der Waals surface area contributed by atoms with Crippen molar-refractivity contribution in [3.8, 4) is 5.75 Å². The van der Waals surface area contributed by atoms with Gasteiger partial charge >= 0.3 is 5.97 Å². The summed E-state index contributed by atoms with van der Waals surface area (Å²) in [7, 11) is 1.46. The average molecular weight is 219 g/mol. The second-order valence-corrected chi connectivity index (χ2v) is 3.24. The molecule has 0 aliphatic heterocycles. The van der Waals surface area contributed by atoms with Crippen molar-refractivity contribution in [1.82, 2.24) is 4.98 Å². The molecule has 5 nitrogen and oxygen atoms in total. The van der Waals surface area contributed by atoms with Gasteiger partial charge in [-0.2, -0.15) is 0 Å². The van der Waals surface area contributed by atoms with E-state index in [0.717, 1.165) is 6.07 Å². The van der Waals surface area contributed by atoms with Crippen LogP contribution in [0.1, 0.15) is 10.5 Å². The van der Waals surface area contributed by atoms with Gasteiger partial charge in [-0.25, -0.2) is 4.79 Å². The highest BCUT2D eigenvalue weighted by Crippen LogP contribution is 2.20. The predicted octanol–water partition coefficient (Wildman–Crippen LogP) is 1.23. The minimum atomic E-state index is -1.18. The lowest BCUT2D eigenvalue weighted by Crippen LogP contribution is -2.09. The highest BCUT2D eigenvalue weighted by Gasteiger charge is 2.10. The minimum absolute atomic E-state index is 0.151. The summed E-state index contributed by atoms with van der Waals surface area (Å²) in [5.74, 6) is -0.734. The zero-order chi connectivity index (χ0) is 11.7. The third-order valence-electron chi connectivity index (χ3n) is 2.28. The van der Waals surface area contributed by atoms with Crippen LogP contribution in [0, 0.1) is 0 Å². The summed E-state index contributed by atoms with van der Waals surface area (Å²) < 4.78 is 5.05. The first kappa shape index (κ1) is 10.2. The molecule has 0 amide bonds. The molecule has 0 saturated carbocycles. The zero-order valence-corrected chi connectivity index (χ0v) is 8.48. The molecule has 1 aromatic heterocycles. The Morgan fingerprint density at radius 1 is 1.44 bits per heavy atom. The smallest absolute Gasteiger partial charge is 0.352 e. The second kappa shape index (κ2) is 3.69. The van der Waals surface area contributed by atoms with E-state index in [1.807, 2.05) is 0 Å². The summed E-state index contributed by atoms with van der Waals surface area (Å²) in [5.41, 5.74) is -0.0954. The molecular weight excluding hydrogens is 210 g/mol. The highest BCUT2D eigenvalue weighted by molar-refractivity contribution is 5.91. The maximum absolute atomic E-state index is 11.6. The Morgan fingerprint density at radius 3 is 2.81 bits per heavy atom. The SMILES string of the molecule is COc1cccc2c(=O)cc(C(=O)O)[nH]c12. The van der Waals surface area contributed by atoms with Gasteiger partial charge in [0.25, 0.3) is 0 Å². The Kier molecular flexibility index (Phi) is 2.36. The lowest BCUT2D eigenvalue weighted by Gasteiger charge is -2.05. The van der Waals surface area contributed by atoms with Crippen molar-refractivity contribution in [2.24, 2.45) is 0 Å². The maximum atomic E-state index is 11.6. The van der Waals surface area contributed by atoms with Crippen LogP contribution in [0.3, 0.4) is 0 Å². The van der Waals surface area contributed by atoms with E-state index in [0.29, 0.717) is 16.7 Å². The first-order valence-corrected chi connectivity index (χ1v) is 4.57. The molecule has 1 heterocycles. The molecule has 5 heteroatoms. The van der Waals surface area contributed by atoms with E-state index in [2.05, 4.69) is 4.98 Å². The molecule has 1 aromatic carbocycles. The number of methoxy groups -OCH3 is 1. The number of aromatic amines is 1. The van der Waals surface area contributed by atoms with Gasteiger partial charge < -0.3 is 14.8 Å². The number of aromatic nitrogens is 1. The Hall–Kier alpha value is -2.30. The van der Waals surface area contributed by atoms with E-state index in [4.69, 9.17) is 9.84 Å². The number of para-hydroxylation sites is 1. The van der Waals surface area contributed by atoms with Crippen LogP contribution in [0.2, 0.25) is 0 Å². The number of benzene rings is 1. The Balaban J connectivity index is 2.88. The number of hydrogen-bond donors (Lipinski definition) is 2. The molecule has 0 radical (unpaired) electrons. The summed E-state index contributed by atoms with van der Waals surface area (Å²) >= 11 is 0. The largest absolute Gasteiger partial charge is 0.495 e. The van der Waals surface area contributed by atoms with Crippen molar-refractivity contribution < 1.29 is 14.6 Å². The van der Waals surface area contributed by atoms with Gasteiger partial charge in [-0.1, -0.05) is 6.07 Å². The van der Waals surface area contributed by atoms with E-state index in [9.17, 15) is 9.59 Å². The third kappa shape index (κ3) is 1.52. The molecule has 16 heavy (non-hydrogen) atoms. The average Bonchev–Trinajstić information content (AvgIpc) is 2.28. The molecule has 0 spiro atoms. The highest BCUT2D eigenvalue weighted by atomic mass is 16.5. The van der Waals surface area contributed by atoms with Gasteiger partial charge in [-0.05, 0) is 12.1 Å². The van der Waals surface area contributed by atoms with Gasteiger partial charge in [0.1, 0.15) is 11.4 Å². The Morgan fingerprint density at radius 2 is 2.19 bits per heavy atom. The van der Waals surface area contributed by atoms with E-state index in [1.54, 1.807) is 18.2 Å². The number of aromatic carboxylic acids is 1. The summed E-state index contributed by atoms with van der Waals surface area (Å²) in [6.45, 7) is 0. The minimum Gasteiger partial charge on any atom is -0.495 e. The topological polar surface area (TPSA) is 79.4 Å². The lowest BCUT2D eigenvalue weighted by molar-refractivity contribution is 0.0691. The molecule has 2 aromatic rings. The monoisotopic (exact) mass is 219 g/mol. The lowest BCUT2D eigenvalue weighted by atomic mass is 10.2. The van der Waals surface area contributed by atoms with E-state index in [1.165, 1.54) is 7.11 Å². The van der Waals surface area contributed by atoms with E-state index >= 15 is 0 Å². The maximum Gasteiger partial charge on any atom is 0.352 e. The van der Waals surface area contributed by atoms with Crippen molar-refractivity contribution >= 4 is 16.9 Å². The van der Waals surface area contributed by atoms with Crippen molar-refractivity contribution in [3.63, 3.8) is 0 Å². The van der Waals surface area contributed by atoms with Crippen molar-refractivity contribution in [2.45, 2.75) is 0 Å². The van der Waals surface area contributed by atoms with Crippen molar-refractivity contribution in [1.29, 1.82) is 0 Å². The standard InChI is InChI=1S/C11H9NO4/c1-16-9-4-2-3-6-8(13)5-7(11(14)15)12-10(6)9/h2-5H,1H3,(H,12,13)(H,14,15). The fourth-order valence-corrected chi connectivity index (χ4v) is 1.53. The van der Waals surface area contributed by atoms with Crippen LogP contribution >= 0.6 is 0 Å². The zero-order valence-electron chi connectivity index (χ0n) is 8.48.